The number of aryl methyl sites for hydroxylation is 1. The smallest absolute Gasteiger partial charge is 0.128 e. The average Bonchev–Trinajstić information content (AvgIpc) is 2.96. The second-order valence-electron chi connectivity index (χ2n) is 4.72. The van der Waals surface area contributed by atoms with Gasteiger partial charge in [0.15, 0.2) is 0 Å². The highest BCUT2D eigenvalue weighted by atomic mass is 79.9. The Labute approximate surface area is 126 Å². The van der Waals surface area contributed by atoms with Gasteiger partial charge in [-0.1, -0.05) is 0 Å². The Bertz CT molecular complexity index is 548. The SMILES string of the molecule is Cc1cc(N2CCN(c3cccs3)CC2)ncc1Br. The van der Waals surface area contributed by atoms with Gasteiger partial charge in [-0.15, -0.1) is 11.3 Å². The Hall–Kier alpha value is -1.07. The number of pyridine rings is 1. The first-order valence-electron chi connectivity index (χ1n) is 6.39. The van der Waals surface area contributed by atoms with Crippen molar-refractivity contribution in [2.45, 2.75) is 6.92 Å². The molecule has 0 spiro atoms. The molecule has 0 N–H and O–H groups in total. The van der Waals surface area contributed by atoms with E-state index in [2.05, 4.69) is 61.2 Å². The van der Waals surface area contributed by atoms with Gasteiger partial charge in [-0.3, -0.25) is 0 Å². The zero-order valence-corrected chi connectivity index (χ0v) is 13.2. The number of rotatable bonds is 2. The van der Waals surface area contributed by atoms with Gasteiger partial charge < -0.3 is 9.80 Å². The molecular weight excluding hydrogens is 322 g/mol. The molecule has 0 atom stereocenters. The van der Waals surface area contributed by atoms with Crippen molar-refractivity contribution in [3.05, 3.63) is 39.8 Å². The summed E-state index contributed by atoms with van der Waals surface area (Å²) in [5.74, 6) is 1.09. The molecule has 1 saturated heterocycles. The number of nitrogens with zero attached hydrogens (tertiary/aromatic N) is 3. The molecule has 1 fully saturated rings. The van der Waals surface area contributed by atoms with Crippen molar-refractivity contribution >= 4 is 38.1 Å². The number of piperazine rings is 1. The number of aromatic nitrogens is 1. The van der Waals surface area contributed by atoms with Crippen LogP contribution >= 0.6 is 27.3 Å². The standard InChI is InChI=1S/C14H16BrN3S/c1-11-9-13(16-10-12(11)15)17-4-6-18(7-5-17)14-3-2-8-19-14/h2-3,8-10H,4-7H2,1H3. The molecule has 1 aliphatic rings. The summed E-state index contributed by atoms with van der Waals surface area (Å²) in [5.41, 5.74) is 1.24. The zero-order chi connectivity index (χ0) is 13.2. The summed E-state index contributed by atoms with van der Waals surface area (Å²) in [5, 5.41) is 3.51. The highest BCUT2D eigenvalue weighted by Crippen LogP contribution is 2.25. The second kappa shape index (κ2) is 5.51. The number of hydrogen-bond donors (Lipinski definition) is 0. The lowest BCUT2D eigenvalue weighted by molar-refractivity contribution is 0.650. The van der Waals surface area contributed by atoms with Crippen LogP contribution in [0.2, 0.25) is 0 Å². The molecule has 2 aromatic heterocycles. The van der Waals surface area contributed by atoms with Crippen LogP contribution in [0.3, 0.4) is 0 Å². The van der Waals surface area contributed by atoms with Gasteiger partial charge in [-0.25, -0.2) is 4.98 Å². The van der Waals surface area contributed by atoms with Gasteiger partial charge in [0, 0.05) is 36.8 Å². The number of hydrogen-bond acceptors (Lipinski definition) is 4. The van der Waals surface area contributed by atoms with E-state index in [1.165, 1.54) is 10.6 Å². The van der Waals surface area contributed by atoms with Gasteiger partial charge in [0.25, 0.3) is 0 Å². The van der Waals surface area contributed by atoms with Crippen molar-refractivity contribution in [2.75, 3.05) is 36.0 Å². The molecule has 0 radical (unpaired) electrons. The van der Waals surface area contributed by atoms with Crippen LogP contribution in [0, 0.1) is 6.92 Å². The van der Waals surface area contributed by atoms with Crippen LogP contribution in [0.15, 0.2) is 34.2 Å². The molecule has 0 saturated carbocycles. The predicted octanol–water partition coefficient (Wildman–Crippen LogP) is 3.54. The summed E-state index contributed by atoms with van der Waals surface area (Å²) in [6.07, 6.45) is 1.90. The van der Waals surface area contributed by atoms with E-state index in [0.29, 0.717) is 0 Å². The number of halogens is 1. The molecule has 0 aliphatic carbocycles. The van der Waals surface area contributed by atoms with E-state index >= 15 is 0 Å². The van der Waals surface area contributed by atoms with E-state index in [1.807, 2.05) is 17.5 Å². The van der Waals surface area contributed by atoms with Crippen molar-refractivity contribution in [1.29, 1.82) is 0 Å². The number of thiophene rings is 1. The summed E-state index contributed by atoms with van der Waals surface area (Å²) < 4.78 is 1.08. The van der Waals surface area contributed by atoms with Crippen LogP contribution in [0.25, 0.3) is 0 Å². The quantitative estimate of drug-likeness (QED) is 0.835. The van der Waals surface area contributed by atoms with E-state index in [9.17, 15) is 0 Å². The Kier molecular flexibility index (Phi) is 3.75. The lowest BCUT2D eigenvalue weighted by atomic mass is 10.2. The van der Waals surface area contributed by atoms with Gasteiger partial charge in [0.1, 0.15) is 5.82 Å². The molecule has 100 valence electrons. The molecule has 3 nitrogen and oxygen atoms in total. The topological polar surface area (TPSA) is 19.4 Å². The third-order valence-electron chi connectivity index (χ3n) is 3.45. The van der Waals surface area contributed by atoms with Crippen molar-refractivity contribution in [3.63, 3.8) is 0 Å². The maximum Gasteiger partial charge on any atom is 0.128 e. The van der Waals surface area contributed by atoms with Crippen molar-refractivity contribution in [1.82, 2.24) is 4.98 Å². The average molecular weight is 338 g/mol. The molecule has 3 rings (SSSR count). The summed E-state index contributed by atoms with van der Waals surface area (Å²) in [6.45, 7) is 6.31. The van der Waals surface area contributed by atoms with Gasteiger partial charge in [-0.05, 0) is 52.0 Å². The minimum Gasteiger partial charge on any atom is -0.360 e. The van der Waals surface area contributed by atoms with Gasteiger partial charge in [0.2, 0.25) is 0 Å². The monoisotopic (exact) mass is 337 g/mol. The second-order valence-corrected chi connectivity index (χ2v) is 6.50. The van der Waals surface area contributed by atoms with E-state index < -0.39 is 0 Å². The van der Waals surface area contributed by atoms with Crippen molar-refractivity contribution in [3.8, 4) is 0 Å². The third kappa shape index (κ3) is 2.77. The van der Waals surface area contributed by atoms with E-state index in [-0.39, 0.29) is 0 Å². The normalized spacial score (nSPS) is 15.9. The van der Waals surface area contributed by atoms with Crippen LogP contribution in [-0.4, -0.2) is 31.2 Å². The molecule has 2 aromatic rings. The Morgan fingerprint density at radius 3 is 2.58 bits per heavy atom. The van der Waals surface area contributed by atoms with Crippen LogP contribution in [-0.2, 0) is 0 Å². The molecule has 1 aliphatic heterocycles. The van der Waals surface area contributed by atoms with Gasteiger partial charge in [0.05, 0.1) is 5.00 Å². The molecule has 5 heteroatoms. The highest BCUT2D eigenvalue weighted by molar-refractivity contribution is 9.10. The summed E-state index contributed by atoms with van der Waals surface area (Å²) in [4.78, 5) is 9.33. The third-order valence-corrected chi connectivity index (χ3v) is 5.21. The van der Waals surface area contributed by atoms with Crippen molar-refractivity contribution in [2.24, 2.45) is 0 Å². The summed E-state index contributed by atoms with van der Waals surface area (Å²) in [6, 6.07) is 6.47. The lowest BCUT2D eigenvalue weighted by Crippen LogP contribution is -2.46. The fraction of sp³-hybridized carbons (Fsp3) is 0.357. The maximum atomic E-state index is 4.51. The largest absolute Gasteiger partial charge is 0.360 e. The molecule has 0 unspecified atom stereocenters. The maximum absolute atomic E-state index is 4.51. The first-order chi connectivity index (χ1) is 9.24. The summed E-state index contributed by atoms with van der Waals surface area (Å²) in [7, 11) is 0. The predicted molar refractivity (Wildman–Crippen MR) is 85.4 cm³/mol. The number of anilines is 2. The minimum absolute atomic E-state index is 1.03. The van der Waals surface area contributed by atoms with Crippen molar-refractivity contribution < 1.29 is 0 Å². The molecule has 0 bridgehead atoms. The Morgan fingerprint density at radius 2 is 1.95 bits per heavy atom. The molecular formula is C14H16BrN3S. The molecule has 0 aromatic carbocycles. The van der Waals surface area contributed by atoms with Crippen LogP contribution < -0.4 is 9.80 Å². The molecule has 0 amide bonds. The fourth-order valence-corrected chi connectivity index (χ4v) is 3.31. The summed E-state index contributed by atoms with van der Waals surface area (Å²) >= 11 is 5.32. The van der Waals surface area contributed by atoms with Crippen LogP contribution in [0.1, 0.15) is 5.56 Å². The van der Waals surface area contributed by atoms with Crippen LogP contribution in [0.4, 0.5) is 10.8 Å². The first-order valence-corrected chi connectivity index (χ1v) is 8.07. The van der Waals surface area contributed by atoms with Gasteiger partial charge in [-0.2, -0.15) is 0 Å². The zero-order valence-electron chi connectivity index (χ0n) is 10.8. The van der Waals surface area contributed by atoms with E-state index in [0.717, 1.165) is 36.5 Å². The van der Waals surface area contributed by atoms with Gasteiger partial charge >= 0.3 is 0 Å². The highest BCUT2D eigenvalue weighted by Gasteiger charge is 2.19. The fourth-order valence-electron chi connectivity index (χ4n) is 2.30. The molecule has 3 heterocycles. The van der Waals surface area contributed by atoms with Crippen LogP contribution in [0.5, 0.6) is 0 Å². The van der Waals surface area contributed by atoms with E-state index in [4.69, 9.17) is 0 Å². The Balaban J connectivity index is 1.68. The Morgan fingerprint density at radius 1 is 1.21 bits per heavy atom. The lowest BCUT2D eigenvalue weighted by Gasteiger charge is -2.36. The minimum atomic E-state index is 1.03. The molecule has 19 heavy (non-hydrogen) atoms. The van der Waals surface area contributed by atoms with E-state index in [1.54, 1.807) is 0 Å². The first kappa shape index (κ1) is 12.9.